The Balaban J connectivity index is 3.27. The summed E-state index contributed by atoms with van der Waals surface area (Å²) in [7, 11) is 0. The summed E-state index contributed by atoms with van der Waals surface area (Å²) in [6.07, 6.45) is 0.998. The molecule has 9 nitrogen and oxygen atoms in total. The van der Waals surface area contributed by atoms with E-state index in [2.05, 4.69) is 5.32 Å². The van der Waals surface area contributed by atoms with Crippen molar-refractivity contribution in [3.05, 3.63) is 38.8 Å². The zero-order chi connectivity index (χ0) is 18.6. The van der Waals surface area contributed by atoms with E-state index in [1.165, 1.54) is 0 Å². The van der Waals surface area contributed by atoms with Crippen molar-refractivity contribution in [1.82, 2.24) is 9.88 Å². The molecule has 132 valence electrons. The van der Waals surface area contributed by atoms with Crippen LogP contribution in [0.15, 0.2) is 23.1 Å². The van der Waals surface area contributed by atoms with Crippen LogP contribution in [-0.4, -0.2) is 32.5 Å². The van der Waals surface area contributed by atoms with E-state index in [1.54, 1.807) is 27.7 Å². The van der Waals surface area contributed by atoms with Gasteiger partial charge in [0.05, 0.1) is 11.1 Å². The van der Waals surface area contributed by atoms with Gasteiger partial charge in [-0.1, -0.05) is 27.7 Å². The van der Waals surface area contributed by atoms with E-state index in [1.807, 2.05) is 0 Å². The highest BCUT2D eigenvalue weighted by Crippen LogP contribution is 2.19. The smallest absolute Gasteiger partial charge is 0.326 e. The lowest BCUT2D eigenvalue weighted by Gasteiger charge is -2.26. The van der Waals surface area contributed by atoms with Gasteiger partial charge in [-0.25, -0.2) is 4.79 Å². The van der Waals surface area contributed by atoms with Gasteiger partial charge in [0.2, 0.25) is 5.91 Å². The van der Waals surface area contributed by atoms with Crippen LogP contribution in [0.5, 0.6) is 0 Å². The molecule has 1 heterocycles. The summed E-state index contributed by atoms with van der Waals surface area (Å²) in [6.45, 7) is 6.62. The monoisotopic (exact) mass is 339 g/mol. The minimum absolute atomic E-state index is 0.327. The Kier molecular flexibility index (Phi) is 6.21. The number of aromatic nitrogens is 1. The normalized spacial score (nSPS) is 13.6. The summed E-state index contributed by atoms with van der Waals surface area (Å²) in [5.74, 6) is -2.60. The van der Waals surface area contributed by atoms with Gasteiger partial charge in [-0.2, -0.15) is 0 Å². The van der Waals surface area contributed by atoms with Crippen LogP contribution in [0.2, 0.25) is 0 Å². The molecule has 0 radical (unpaired) electrons. The standard InChI is InChI=1S/C15H21N3O6/c1-8(2)12(15(21)22)16-14(20)13(9(3)4)17-7-10(18(23)24)5-6-11(17)19/h5-9,12-13H,1-4H3,(H,16,20)(H,21,22). The molecule has 9 heteroatoms. The number of hydrogen-bond acceptors (Lipinski definition) is 5. The van der Waals surface area contributed by atoms with E-state index in [0.29, 0.717) is 0 Å². The number of rotatable bonds is 7. The summed E-state index contributed by atoms with van der Waals surface area (Å²) in [5, 5.41) is 22.5. The molecule has 2 unspecified atom stereocenters. The van der Waals surface area contributed by atoms with Crippen molar-refractivity contribution in [2.24, 2.45) is 11.8 Å². The third-order valence-corrected chi connectivity index (χ3v) is 3.56. The first kappa shape index (κ1) is 19.3. The number of nitrogens with one attached hydrogen (secondary N) is 1. The van der Waals surface area contributed by atoms with Crippen molar-refractivity contribution in [3.8, 4) is 0 Å². The van der Waals surface area contributed by atoms with Crippen molar-refractivity contribution < 1.29 is 19.6 Å². The van der Waals surface area contributed by atoms with Crippen LogP contribution in [0, 0.1) is 22.0 Å². The number of nitrogens with zero attached hydrogens (tertiary/aromatic N) is 2. The van der Waals surface area contributed by atoms with E-state index in [4.69, 9.17) is 0 Å². The van der Waals surface area contributed by atoms with Gasteiger partial charge < -0.3 is 10.4 Å². The van der Waals surface area contributed by atoms with Gasteiger partial charge in [-0.3, -0.25) is 24.3 Å². The number of pyridine rings is 1. The Morgan fingerprint density at radius 3 is 2.21 bits per heavy atom. The Labute approximate surface area is 138 Å². The van der Waals surface area contributed by atoms with Crippen LogP contribution in [0.25, 0.3) is 0 Å². The maximum atomic E-state index is 12.5. The highest BCUT2D eigenvalue weighted by atomic mass is 16.6. The molecule has 0 spiro atoms. The predicted octanol–water partition coefficient (Wildman–Crippen LogP) is 1.18. The van der Waals surface area contributed by atoms with Crippen LogP contribution < -0.4 is 10.9 Å². The maximum absolute atomic E-state index is 12.5. The van der Waals surface area contributed by atoms with Crippen molar-refractivity contribution >= 4 is 17.6 Å². The Morgan fingerprint density at radius 2 is 1.79 bits per heavy atom. The summed E-state index contributed by atoms with van der Waals surface area (Å²) < 4.78 is 0.970. The first-order valence-corrected chi connectivity index (χ1v) is 7.46. The van der Waals surface area contributed by atoms with Crippen LogP contribution in [0.1, 0.15) is 33.7 Å². The van der Waals surface area contributed by atoms with Crippen LogP contribution >= 0.6 is 0 Å². The van der Waals surface area contributed by atoms with E-state index >= 15 is 0 Å². The average molecular weight is 339 g/mol. The molecule has 0 saturated heterocycles. The summed E-state index contributed by atoms with van der Waals surface area (Å²) in [4.78, 5) is 46.0. The molecular formula is C15H21N3O6. The second kappa shape index (κ2) is 7.71. The molecule has 1 amide bonds. The molecule has 0 aliphatic rings. The van der Waals surface area contributed by atoms with Gasteiger partial charge in [0.25, 0.3) is 11.2 Å². The van der Waals surface area contributed by atoms with Crippen molar-refractivity contribution in [1.29, 1.82) is 0 Å². The number of carboxylic acid groups (broad SMARTS) is 1. The van der Waals surface area contributed by atoms with Gasteiger partial charge in [0, 0.05) is 12.1 Å². The lowest BCUT2D eigenvalue weighted by Crippen LogP contribution is -2.49. The number of carbonyl (C=O) groups excluding carboxylic acids is 1. The van der Waals surface area contributed by atoms with Crippen LogP contribution in [-0.2, 0) is 9.59 Å². The average Bonchev–Trinajstić information content (AvgIpc) is 2.45. The molecule has 24 heavy (non-hydrogen) atoms. The van der Waals surface area contributed by atoms with Crippen molar-refractivity contribution in [3.63, 3.8) is 0 Å². The minimum Gasteiger partial charge on any atom is -0.480 e. The first-order valence-electron chi connectivity index (χ1n) is 7.46. The van der Waals surface area contributed by atoms with E-state index in [0.717, 1.165) is 22.9 Å². The molecule has 1 aromatic rings. The SMILES string of the molecule is CC(C)C(NC(=O)C(C(C)C)n1cc([N+](=O)[O-])ccc1=O)C(=O)O. The molecule has 0 aromatic carbocycles. The van der Waals surface area contributed by atoms with Crippen molar-refractivity contribution in [2.45, 2.75) is 39.8 Å². The number of aliphatic carboxylic acids is 1. The highest BCUT2D eigenvalue weighted by Gasteiger charge is 2.31. The number of nitro groups is 1. The Bertz CT molecular complexity index is 695. The van der Waals surface area contributed by atoms with Gasteiger partial charge in [0.1, 0.15) is 12.1 Å². The van der Waals surface area contributed by atoms with Crippen LogP contribution in [0.3, 0.4) is 0 Å². The zero-order valence-corrected chi connectivity index (χ0v) is 13.9. The number of carboxylic acids is 1. The molecule has 1 rings (SSSR count). The number of hydrogen-bond donors (Lipinski definition) is 2. The summed E-state index contributed by atoms with van der Waals surface area (Å²) >= 11 is 0. The summed E-state index contributed by atoms with van der Waals surface area (Å²) in [6, 6.07) is -0.105. The second-order valence-corrected chi connectivity index (χ2v) is 6.15. The molecule has 0 bridgehead atoms. The molecule has 0 fully saturated rings. The fourth-order valence-corrected chi connectivity index (χ4v) is 2.32. The van der Waals surface area contributed by atoms with E-state index in [-0.39, 0.29) is 17.5 Å². The largest absolute Gasteiger partial charge is 0.480 e. The topological polar surface area (TPSA) is 132 Å². The molecule has 0 aliphatic heterocycles. The lowest BCUT2D eigenvalue weighted by molar-refractivity contribution is -0.385. The van der Waals surface area contributed by atoms with Gasteiger partial charge in [-0.05, 0) is 11.8 Å². The van der Waals surface area contributed by atoms with Crippen molar-refractivity contribution in [2.75, 3.05) is 0 Å². The molecule has 2 atom stereocenters. The minimum atomic E-state index is -1.19. The third-order valence-electron chi connectivity index (χ3n) is 3.56. The van der Waals surface area contributed by atoms with Crippen LogP contribution in [0.4, 0.5) is 5.69 Å². The molecule has 0 aliphatic carbocycles. The Morgan fingerprint density at radius 1 is 1.21 bits per heavy atom. The summed E-state index contributed by atoms with van der Waals surface area (Å²) in [5.41, 5.74) is -0.905. The molecule has 2 N–H and O–H groups in total. The fourth-order valence-electron chi connectivity index (χ4n) is 2.32. The zero-order valence-electron chi connectivity index (χ0n) is 13.9. The van der Waals surface area contributed by atoms with Gasteiger partial charge in [-0.15, -0.1) is 0 Å². The highest BCUT2D eigenvalue weighted by molar-refractivity contribution is 5.86. The number of carbonyl (C=O) groups is 2. The molecular weight excluding hydrogens is 318 g/mol. The fraction of sp³-hybridized carbons (Fsp3) is 0.533. The molecule has 1 aromatic heterocycles. The van der Waals surface area contributed by atoms with E-state index in [9.17, 15) is 29.6 Å². The second-order valence-electron chi connectivity index (χ2n) is 6.15. The lowest BCUT2D eigenvalue weighted by atomic mass is 10.00. The quantitative estimate of drug-likeness (QED) is 0.566. The first-order chi connectivity index (χ1) is 11.1. The number of amides is 1. The molecule has 0 saturated carbocycles. The predicted molar refractivity (Wildman–Crippen MR) is 85.6 cm³/mol. The van der Waals surface area contributed by atoms with Gasteiger partial charge >= 0.3 is 5.97 Å². The van der Waals surface area contributed by atoms with Gasteiger partial charge in [0.15, 0.2) is 0 Å². The maximum Gasteiger partial charge on any atom is 0.326 e. The van der Waals surface area contributed by atoms with E-state index < -0.39 is 34.4 Å². The Hall–Kier alpha value is -2.71. The third kappa shape index (κ3) is 4.40.